The predicted molar refractivity (Wildman–Crippen MR) is 67.9 cm³/mol. The molecule has 0 aromatic heterocycles. The molecule has 0 amide bonds. The van der Waals surface area contributed by atoms with Crippen LogP contribution in [0.25, 0.3) is 0 Å². The Kier molecular flexibility index (Phi) is 3.42. The molecule has 0 aliphatic rings. The molecule has 3 N–H and O–H groups in total. The van der Waals surface area contributed by atoms with Crippen molar-refractivity contribution in [2.45, 2.75) is 10.7 Å². The lowest BCUT2D eigenvalue weighted by molar-refractivity contribution is -0.132. The van der Waals surface area contributed by atoms with E-state index in [4.69, 9.17) is 4.55 Å². The first kappa shape index (κ1) is 13.7. The fraction of sp³-hybridized carbons (Fsp3) is 0.0769. The number of hydrogen-bond donors (Lipinski definition) is 3. The topological polar surface area (TPSA) is 94.8 Å². The van der Waals surface area contributed by atoms with Crippen LogP contribution < -0.4 is 0 Å². The summed E-state index contributed by atoms with van der Waals surface area (Å²) in [6, 6.07) is 12.8. The van der Waals surface area contributed by atoms with E-state index in [0.29, 0.717) is 0 Å². The summed E-state index contributed by atoms with van der Waals surface area (Å²) in [6.07, 6.45) is 0. The average molecular weight is 280 g/mol. The summed E-state index contributed by atoms with van der Waals surface area (Å²) in [7, 11) is -4.29. The van der Waals surface area contributed by atoms with Gasteiger partial charge in [-0.05, 0) is 12.1 Å². The summed E-state index contributed by atoms with van der Waals surface area (Å²) in [5.41, 5.74) is 0.362. The largest absolute Gasteiger partial charge is 0.358 e. The van der Waals surface area contributed by atoms with Gasteiger partial charge in [0.05, 0.1) is 4.90 Å². The van der Waals surface area contributed by atoms with Gasteiger partial charge in [0, 0.05) is 11.1 Å². The van der Waals surface area contributed by atoms with E-state index < -0.39 is 15.9 Å². The molecule has 0 heterocycles. The van der Waals surface area contributed by atoms with Crippen LogP contribution in [0.5, 0.6) is 0 Å². The van der Waals surface area contributed by atoms with Crippen molar-refractivity contribution in [3.05, 3.63) is 65.7 Å². The van der Waals surface area contributed by atoms with Crippen molar-refractivity contribution in [2.24, 2.45) is 0 Å². The first-order valence-electron chi connectivity index (χ1n) is 5.40. The molecule has 0 spiro atoms. The van der Waals surface area contributed by atoms with Crippen LogP contribution in [0.3, 0.4) is 0 Å². The van der Waals surface area contributed by atoms with Crippen molar-refractivity contribution >= 4 is 10.1 Å². The molecular weight excluding hydrogens is 268 g/mol. The predicted octanol–water partition coefficient (Wildman–Crippen LogP) is 1.12. The first-order chi connectivity index (χ1) is 8.82. The molecule has 2 rings (SSSR count). The fourth-order valence-corrected chi connectivity index (χ4v) is 2.18. The standard InChI is InChI=1S/C13H12O5S/c14-13(15,10-4-2-1-3-5-10)11-6-8-12(9-7-11)19(16,17)18/h1-9,14-15H,(H,16,17,18). The third-order valence-corrected chi connectivity index (χ3v) is 3.60. The maximum Gasteiger partial charge on any atom is 0.294 e. The molecule has 0 unspecified atom stereocenters. The van der Waals surface area contributed by atoms with E-state index in [0.717, 1.165) is 12.1 Å². The Labute approximate surface area is 110 Å². The summed E-state index contributed by atoms with van der Waals surface area (Å²) in [5, 5.41) is 20.2. The van der Waals surface area contributed by atoms with E-state index in [1.165, 1.54) is 24.3 Å². The third-order valence-electron chi connectivity index (χ3n) is 2.73. The average Bonchev–Trinajstić information content (AvgIpc) is 2.39. The quantitative estimate of drug-likeness (QED) is 0.578. The molecule has 0 aliphatic carbocycles. The van der Waals surface area contributed by atoms with Gasteiger partial charge in [0.15, 0.2) is 0 Å². The highest BCUT2D eigenvalue weighted by atomic mass is 32.2. The van der Waals surface area contributed by atoms with Gasteiger partial charge in [-0.25, -0.2) is 0 Å². The van der Waals surface area contributed by atoms with Crippen LogP contribution in [0, 0.1) is 0 Å². The lowest BCUT2D eigenvalue weighted by Crippen LogP contribution is -2.26. The van der Waals surface area contributed by atoms with Crippen LogP contribution in [0.1, 0.15) is 11.1 Å². The van der Waals surface area contributed by atoms with Gasteiger partial charge < -0.3 is 10.2 Å². The second-order valence-electron chi connectivity index (χ2n) is 4.04. The summed E-state index contributed by atoms with van der Waals surface area (Å²) >= 11 is 0. The van der Waals surface area contributed by atoms with Gasteiger partial charge in [-0.15, -0.1) is 0 Å². The van der Waals surface area contributed by atoms with Crippen molar-refractivity contribution in [3.8, 4) is 0 Å². The minimum Gasteiger partial charge on any atom is -0.358 e. The monoisotopic (exact) mass is 280 g/mol. The SMILES string of the molecule is O=S(=O)(O)c1ccc(C(O)(O)c2ccccc2)cc1. The van der Waals surface area contributed by atoms with E-state index >= 15 is 0 Å². The van der Waals surface area contributed by atoms with Crippen LogP contribution >= 0.6 is 0 Å². The molecule has 2 aromatic rings. The van der Waals surface area contributed by atoms with Crippen molar-refractivity contribution in [2.75, 3.05) is 0 Å². The van der Waals surface area contributed by atoms with E-state index in [-0.39, 0.29) is 16.0 Å². The lowest BCUT2D eigenvalue weighted by atomic mass is 9.98. The van der Waals surface area contributed by atoms with E-state index in [9.17, 15) is 18.6 Å². The molecule has 0 aliphatic heterocycles. The van der Waals surface area contributed by atoms with E-state index in [2.05, 4.69) is 0 Å². The van der Waals surface area contributed by atoms with E-state index in [1.807, 2.05) is 0 Å². The molecule has 0 radical (unpaired) electrons. The van der Waals surface area contributed by atoms with Crippen molar-refractivity contribution in [3.63, 3.8) is 0 Å². The fourth-order valence-electron chi connectivity index (χ4n) is 1.70. The Morgan fingerprint density at radius 1 is 0.789 bits per heavy atom. The second-order valence-corrected chi connectivity index (χ2v) is 5.46. The van der Waals surface area contributed by atoms with Gasteiger partial charge in [0.2, 0.25) is 5.79 Å². The van der Waals surface area contributed by atoms with Crippen LogP contribution in [-0.2, 0) is 15.9 Å². The van der Waals surface area contributed by atoms with Gasteiger partial charge in [0.25, 0.3) is 10.1 Å². The van der Waals surface area contributed by atoms with Gasteiger partial charge in [0.1, 0.15) is 0 Å². The van der Waals surface area contributed by atoms with Crippen LogP contribution in [-0.4, -0.2) is 23.2 Å². The zero-order valence-corrected chi connectivity index (χ0v) is 10.6. The summed E-state index contributed by atoms with van der Waals surface area (Å²) in [5.74, 6) is -2.22. The number of aliphatic hydroxyl groups is 2. The van der Waals surface area contributed by atoms with Gasteiger partial charge in [-0.3, -0.25) is 4.55 Å². The highest BCUT2D eigenvalue weighted by Gasteiger charge is 2.28. The Hall–Kier alpha value is -1.73. The highest BCUT2D eigenvalue weighted by Crippen LogP contribution is 2.27. The third kappa shape index (κ3) is 2.82. The van der Waals surface area contributed by atoms with Crippen LogP contribution in [0.4, 0.5) is 0 Å². The van der Waals surface area contributed by atoms with Crippen molar-refractivity contribution < 1.29 is 23.2 Å². The van der Waals surface area contributed by atoms with Crippen molar-refractivity contribution in [1.82, 2.24) is 0 Å². The minimum atomic E-state index is -4.29. The van der Waals surface area contributed by atoms with Gasteiger partial charge in [-0.2, -0.15) is 8.42 Å². The molecule has 5 nitrogen and oxygen atoms in total. The molecule has 2 aromatic carbocycles. The van der Waals surface area contributed by atoms with Crippen LogP contribution in [0.2, 0.25) is 0 Å². The molecule has 19 heavy (non-hydrogen) atoms. The number of hydrogen-bond acceptors (Lipinski definition) is 4. The zero-order valence-electron chi connectivity index (χ0n) is 9.76. The molecule has 0 atom stereocenters. The molecule has 0 fully saturated rings. The molecule has 0 saturated heterocycles. The van der Waals surface area contributed by atoms with Gasteiger partial charge in [-0.1, -0.05) is 42.5 Å². The minimum absolute atomic E-state index is 0.103. The Morgan fingerprint density at radius 3 is 1.74 bits per heavy atom. The smallest absolute Gasteiger partial charge is 0.294 e. The molecule has 0 saturated carbocycles. The van der Waals surface area contributed by atoms with Crippen molar-refractivity contribution in [1.29, 1.82) is 0 Å². The Morgan fingerprint density at radius 2 is 1.26 bits per heavy atom. The van der Waals surface area contributed by atoms with Crippen LogP contribution in [0.15, 0.2) is 59.5 Å². The molecule has 100 valence electrons. The van der Waals surface area contributed by atoms with E-state index in [1.54, 1.807) is 18.2 Å². The molecule has 0 bridgehead atoms. The highest BCUT2D eigenvalue weighted by molar-refractivity contribution is 7.85. The number of rotatable bonds is 3. The van der Waals surface area contributed by atoms with Gasteiger partial charge >= 0.3 is 0 Å². The maximum atomic E-state index is 10.9. The zero-order chi connectivity index (χ0) is 14.1. The summed E-state index contributed by atoms with van der Waals surface area (Å²) < 4.78 is 30.6. The molecule has 6 heteroatoms. The first-order valence-corrected chi connectivity index (χ1v) is 6.84. The Balaban J connectivity index is 2.43. The normalized spacial score (nSPS) is 12.4. The lowest BCUT2D eigenvalue weighted by Gasteiger charge is -2.22. The molecular formula is C13H12O5S. The second kappa shape index (κ2) is 4.75. The summed E-state index contributed by atoms with van der Waals surface area (Å²) in [4.78, 5) is -0.305. The number of benzene rings is 2. The summed E-state index contributed by atoms with van der Waals surface area (Å²) in [6.45, 7) is 0. The maximum absolute atomic E-state index is 10.9. The Bertz CT molecular complexity index is 660.